The van der Waals surface area contributed by atoms with Crippen molar-refractivity contribution >= 4 is 5.91 Å². The number of rotatable bonds is 4. The molecule has 0 bridgehead atoms. The van der Waals surface area contributed by atoms with Crippen LogP contribution in [-0.2, 0) is 0 Å². The van der Waals surface area contributed by atoms with E-state index in [2.05, 4.69) is 5.32 Å². The van der Waals surface area contributed by atoms with Crippen molar-refractivity contribution in [2.75, 3.05) is 6.54 Å². The summed E-state index contributed by atoms with van der Waals surface area (Å²) in [5.41, 5.74) is 0. The number of nitrogens with one attached hydrogen (secondary N) is 1. The molecule has 1 aromatic heterocycles. The molecule has 0 unspecified atom stereocenters. The van der Waals surface area contributed by atoms with Gasteiger partial charge in [-0.1, -0.05) is 12.8 Å². The van der Waals surface area contributed by atoms with Crippen LogP contribution in [0.1, 0.15) is 29.8 Å². The number of carbonyl (C=O) groups excluding carboxylic acids is 1. The third-order valence-corrected chi connectivity index (χ3v) is 2.28. The summed E-state index contributed by atoms with van der Waals surface area (Å²) in [6, 6.07) is 3.39. The van der Waals surface area contributed by atoms with Crippen LogP contribution < -0.4 is 5.32 Å². The minimum atomic E-state index is -0.106. The van der Waals surface area contributed by atoms with E-state index in [0.717, 1.165) is 18.9 Å². The van der Waals surface area contributed by atoms with Gasteiger partial charge in [0.1, 0.15) is 0 Å². The molecule has 0 radical (unpaired) electrons. The lowest BCUT2D eigenvalue weighted by molar-refractivity contribution is 0.0925. The molecule has 1 fully saturated rings. The second kappa shape index (κ2) is 3.64. The van der Waals surface area contributed by atoms with Crippen molar-refractivity contribution < 1.29 is 9.21 Å². The van der Waals surface area contributed by atoms with Crippen LogP contribution in [0.2, 0.25) is 0 Å². The van der Waals surface area contributed by atoms with Gasteiger partial charge < -0.3 is 9.73 Å². The highest BCUT2D eigenvalue weighted by Gasteiger charge is 2.20. The molecular formula is C10H13NO2. The third-order valence-electron chi connectivity index (χ3n) is 2.28. The fourth-order valence-corrected chi connectivity index (χ4v) is 1.29. The third kappa shape index (κ3) is 2.34. The predicted octanol–water partition coefficient (Wildman–Crippen LogP) is 1.81. The predicted molar refractivity (Wildman–Crippen MR) is 48.4 cm³/mol. The number of hydrogen-bond donors (Lipinski definition) is 1. The minimum absolute atomic E-state index is 0.106. The summed E-state index contributed by atoms with van der Waals surface area (Å²) in [6.45, 7) is 0.768. The molecule has 1 saturated carbocycles. The molecule has 2 rings (SSSR count). The van der Waals surface area contributed by atoms with Crippen molar-refractivity contribution in [2.45, 2.75) is 19.3 Å². The van der Waals surface area contributed by atoms with Crippen LogP contribution in [0.4, 0.5) is 0 Å². The van der Waals surface area contributed by atoms with Crippen LogP contribution in [0.25, 0.3) is 0 Å². The summed E-state index contributed by atoms with van der Waals surface area (Å²) in [7, 11) is 0. The van der Waals surface area contributed by atoms with Crippen LogP contribution in [0.5, 0.6) is 0 Å². The topological polar surface area (TPSA) is 42.2 Å². The fourth-order valence-electron chi connectivity index (χ4n) is 1.29. The van der Waals surface area contributed by atoms with Gasteiger partial charge >= 0.3 is 0 Å². The van der Waals surface area contributed by atoms with Gasteiger partial charge in [-0.2, -0.15) is 0 Å². The molecule has 0 spiro atoms. The van der Waals surface area contributed by atoms with Crippen molar-refractivity contribution in [3.8, 4) is 0 Å². The van der Waals surface area contributed by atoms with Crippen molar-refractivity contribution in [2.24, 2.45) is 5.92 Å². The first kappa shape index (κ1) is 8.35. The zero-order valence-corrected chi connectivity index (χ0v) is 7.45. The fraction of sp³-hybridized carbons (Fsp3) is 0.500. The van der Waals surface area contributed by atoms with Gasteiger partial charge in [0.15, 0.2) is 5.76 Å². The highest BCUT2D eigenvalue weighted by Crippen LogP contribution is 2.31. The van der Waals surface area contributed by atoms with Crippen LogP contribution in [0.15, 0.2) is 22.8 Å². The average molecular weight is 179 g/mol. The normalized spacial score (nSPS) is 15.7. The van der Waals surface area contributed by atoms with Gasteiger partial charge in [-0.15, -0.1) is 0 Å². The molecule has 0 aromatic carbocycles. The molecule has 1 aliphatic rings. The zero-order chi connectivity index (χ0) is 9.10. The van der Waals surface area contributed by atoms with E-state index in [1.807, 2.05) is 0 Å². The van der Waals surface area contributed by atoms with E-state index in [9.17, 15) is 4.79 Å². The summed E-state index contributed by atoms with van der Waals surface area (Å²) in [5.74, 6) is 1.15. The Labute approximate surface area is 77.1 Å². The zero-order valence-electron chi connectivity index (χ0n) is 7.45. The summed E-state index contributed by atoms with van der Waals surface area (Å²) < 4.78 is 4.96. The van der Waals surface area contributed by atoms with E-state index in [-0.39, 0.29) is 5.91 Å². The maximum Gasteiger partial charge on any atom is 0.286 e. The van der Waals surface area contributed by atoms with E-state index >= 15 is 0 Å². The lowest BCUT2D eigenvalue weighted by atomic mass is 10.3. The van der Waals surface area contributed by atoms with Crippen molar-refractivity contribution in [3.05, 3.63) is 24.2 Å². The van der Waals surface area contributed by atoms with Crippen LogP contribution in [0, 0.1) is 5.92 Å². The Morgan fingerprint density at radius 1 is 1.62 bits per heavy atom. The first-order valence-corrected chi connectivity index (χ1v) is 4.68. The molecule has 3 heteroatoms. The molecule has 3 nitrogen and oxygen atoms in total. The number of amides is 1. The largest absolute Gasteiger partial charge is 0.459 e. The van der Waals surface area contributed by atoms with Gasteiger partial charge in [-0.05, 0) is 24.5 Å². The molecule has 0 saturated heterocycles. The van der Waals surface area contributed by atoms with Crippen LogP contribution in [0.3, 0.4) is 0 Å². The number of carbonyl (C=O) groups is 1. The molecule has 1 N–H and O–H groups in total. The number of furan rings is 1. The lowest BCUT2D eigenvalue weighted by Gasteiger charge is -2.00. The summed E-state index contributed by atoms with van der Waals surface area (Å²) in [6.07, 6.45) is 5.27. The van der Waals surface area contributed by atoms with Gasteiger partial charge in [-0.3, -0.25) is 4.79 Å². The van der Waals surface area contributed by atoms with Gasteiger partial charge in [0.05, 0.1) is 6.26 Å². The monoisotopic (exact) mass is 179 g/mol. The first-order valence-electron chi connectivity index (χ1n) is 4.68. The number of hydrogen-bond acceptors (Lipinski definition) is 2. The quantitative estimate of drug-likeness (QED) is 0.765. The van der Waals surface area contributed by atoms with Gasteiger partial charge in [0.25, 0.3) is 5.91 Å². The van der Waals surface area contributed by atoms with E-state index in [1.54, 1.807) is 12.1 Å². The Balaban J connectivity index is 1.71. The molecule has 1 aliphatic carbocycles. The molecule has 0 atom stereocenters. The maximum atomic E-state index is 11.3. The Bertz CT molecular complexity index is 275. The molecule has 1 amide bonds. The van der Waals surface area contributed by atoms with Crippen LogP contribution in [-0.4, -0.2) is 12.5 Å². The van der Waals surface area contributed by atoms with Crippen molar-refractivity contribution in [3.63, 3.8) is 0 Å². The maximum absolute atomic E-state index is 11.3. The minimum Gasteiger partial charge on any atom is -0.459 e. The van der Waals surface area contributed by atoms with E-state index in [4.69, 9.17) is 4.42 Å². The van der Waals surface area contributed by atoms with Gasteiger partial charge in [-0.25, -0.2) is 0 Å². The summed E-state index contributed by atoms with van der Waals surface area (Å²) in [5, 5.41) is 2.82. The van der Waals surface area contributed by atoms with Gasteiger partial charge in [0.2, 0.25) is 0 Å². The molecule has 13 heavy (non-hydrogen) atoms. The summed E-state index contributed by atoms with van der Waals surface area (Å²) >= 11 is 0. The Hall–Kier alpha value is -1.25. The average Bonchev–Trinajstić information content (AvgIpc) is 2.80. The molecule has 1 aromatic rings. The molecule has 1 heterocycles. The molecule has 0 aliphatic heterocycles. The first-order chi connectivity index (χ1) is 6.36. The highest BCUT2D eigenvalue weighted by molar-refractivity contribution is 5.91. The van der Waals surface area contributed by atoms with E-state index in [0.29, 0.717) is 5.76 Å². The van der Waals surface area contributed by atoms with Crippen molar-refractivity contribution in [1.29, 1.82) is 0 Å². The Morgan fingerprint density at radius 2 is 2.46 bits per heavy atom. The standard InChI is InChI=1S/C10H13NO2/c12-10(9-2-1-7-13-9)11-6-5-8-3-4-8/h1-2,7-8H,3-6H2,(H,11,12). The molecule has 70 valence electrons. The lowest BCUT2D eigenvalue weighted by Crippen LogP contribution is -2.24. The Kier molecular flexibility index (Phi) is 2.34. The van der Waals surface area contributed by atoms with E-state index in [1.165, 1.54) is 19.1 Å². The van der Waals surface area contributed by atoms with E-state index < -0.39 is 0 Å². The second-order valence-corrected chi connectivity index (χ2v) is 3.47. The summed E-state index contributed by atoms with van der Waals surface area (Å²) in [4.78, 5) is 11.3. The Morgan fingerprint density at radius 3 is 3.08 bits per heavy atom. The second-order valence-electron chi connectivity index (χ2n) is 3.47. The van der Waals surface area contributed by atoms with Gasteiger partial charge in [0, 0.05) is 6.54 Å². The van der Waals surface area contributed by atoms with Crippen molar-refractivity contribution in [1.82, 2.24) is 5.32 Å². The smallest absolute Gasteiger partial charge is 0.286 e. The molecular weight excluding hydrogens is 166 g/mol. The highest BCUT2D eigenvalue weighted by atomic mass is 16.3. The van der Waals surface area contributed by atoms with Crippen LogP contribution >= 0.6 is 0 Å². The SMILES string of the molecule is O=C(NCCC1CC1)c1ccco1.